The zero-order valence-corrected chi connectivity index (χ0v) is 11.2. The summed E-state index contributed by atoms with van der Waals surface area (Å²) in [6.07, 6.45) is 13.6. The van der Waals surface area contributed by atoms with Crippen molar-refractivity contribution in [2.24, 2.45) is 0 Å². The van der Waals surface area contributed by atoms with Crippen LogP contribution in [0.25, 0.3) is 24.3 Å². The highest BCUT2D eigenvalue weighted by atomic mass is 14.8. The van der Waals surface area contributed by atoms with Crippen molar-refractivity contribution in [2.45, 2.75) is 26.7 Å². The lowest BCUT2D eigenvalue weighted by molar-refractivity contribution is 0.961. The van der Waals surface area contributed by atoms with E-state index in [4.69, 9.17) is 0 Å². The van der Waals surface area contributed by atoms with Gasteiger partial charge in [-0.25, -0.2) is 9.97 Å². The Morgan fingerprint density at radius 3 is 1.94 bits per heavy atom. The maximum absolute atomic E-state index is 4.56. The van der Waals surface area contributed by atoms with Gasteiger partial charge in [0.25, 0.3) is 0 Å². The van der Waals surface area contributed by atoms with Crippen LogP contribution in [0.15, 0.2) is 25.3 Å². The molecule has 0 amide bonds. The Morgan fingerprint density at radius 2 is 1.50 bits per heavy atom. The Balaban J connectivity index is 3.28. The summed E-state index contributed by atoms with van der Waals surface area (Å²) in [4.78, 5) is 9.10. The van der Waals surface area contributed by atoms with Gasteiger partial charge in [-0.1, -0.05) is 38.7 Å². The number of hydrogen-bond acceptors (Lipinski definition) is 2. The van der Waals surface area contributed by atoms with Crippen LogP contribution in [0, 0.1) is 0 Å². The van der Waals surface area contributed by atoms with Crippen LogP contribution in [0.2, 0.25) is 0 Å². The summed E-state index contributed by atoms with van der Waals surface area (Å²) in [6.45, 7) is 11.6. The zero-order valence-electron chi connectivity index (χ0n) is 11.2. The number of rotatable bonds is 6. The van der Waals surface area contributed by atoms with E-state index in [1.807, 2.05) is 25.2 Å². The highest BCUT2D eigenvalue weighted by Crippen LogP contribution is 2.15. The number of unbranched alkanes of at least 4 members (excludes halogenated alkanes) is 1. The Kier molecular flexibility index (Phi) is 5.78. The third-order valence-corrected chi connectivity index (χ3v) is 2.45. The lowest BCUT2D eigenvalue weighted by atomic mass is 10.2. The number of aromatic nitrogens is 2. The smallest absolute Gasteiger partial charge is 0.0891 e. The molecule has 0 atom stereocenters. The van der Waals surface area contributed by atoms with Gasteiger partial charge in [0.2, 0.25) is 0 Å². The van der Waals surface area contributed by atoms with Gasteiger partial charge in [0, 0.05) is 0 Å². The third kappa shape index (κ3) is 3.52. The molecule has 1 heterocycles. The first-order valence-electron chi connectivity index (χ1n) is 6.22. The Hall–Kier alpha value is -1.96. The summed E-state index contributed by atoms with van der Waals surface area (Å²) in [5.74, 6) is 0. The molecule has 0 fully saturated rings. The predicted octanol–water partition coefficient (Wildman–Crippen LogP) is 4.61. The van der Waals surface area contributed by atoms with Gasteiger partial charge in [-0.15, -0.1) is 0 Å². The maximum atomic E-state index is 4.56. The quantitative estimate of drug-likeness (QED) is 0.725. The van der Waals surface area contributed by atoms with Crippen molar-refractivity contribution in [2.75, 3.05) is 0 Å². The SMILES string of the molecule is C=Cc1nc(/C=C\C)c(/C=C\CCC)nc1C=C. The molecule has 1 rings (SSSR count). The van der Waals surface area contributed by atoms with Crippen molar-refractivity contribution in [3.63, 3.8) is 0 Å². The molecule has 0 saturated carbocycles. The summed E-state index contributed by atoms with van der Waals surface area (Å²) in [6, 6.07) is 0. The van der Waals surface area contributed by atoms with Crippen LogP contribution >= 0.6 is 0 Å². The van der Waals surface area contributed by atoms with Crippen molar-refractivity contribution in [3.05, 3.63) is 48.1 Å². The molecule has 0 N–H and O–H groups in total. The molecule has 2 heteroatoms. The van der Waals surface area contributed by atoms with Crippen LogP contribution in [0.1, 0.15) is 49.5 Å². The van der Waals surface area contributed by atoms with Crippen molar-refractivity contribution >= 4 is 24.3 Å². The summed E-state index contributed by atoms with van der Waals surface area (Å²) in [5.41, 5.74) is 3.28. The monoisotopic (exact) mass is 240 g/mol. The normalized spacial score (nSPS) is 11.2. The van der Waals surface area contributed by atoms with E-state index in [0.29, 0.717) is 0 Å². The average Bonchev–Trinajstić information content (AvgIpc) is 2.40. The first-order valence-corrected chi connectivity index (χ1v) is 6.22. The van der Waals surface area contributed by atoms with Crippen LogP contribution in [0.3, 0.4) is 0 Å². The van der Waals surface area contributed by atoms with Gasteiger partial charge in [0.1, 0.15) is 0 Å². The minimum absolute atomic E-state index is 0.769. The molecule has 0 radical (unpaired) electrons. The molecule has 2 nitrogen and oxygen atoms in total. The van der Waals surface area contributed by atoms with Crippen molar-refractivity contribution in [3.8, 4) is 0 Å². The van der Waals surface area contributed by atoms with Gasteiger partial charge >= 0.3 is 0 Å². The standard InChI is InChI=1S/C16H20N2/c1-5-9-10-12-16-15(11-6-2)17-13(7-3)14(8-4)18-16/h6-8,10-12H,3-5,9H2,1-2H3/b11-6-,12-10-. The summed E-state index contributed by atoms with van der Waals surface area (Å²) >= 11 is 0. The van der Waals surface area contributed by atoms with Crippen molar-refractivity contribution in [1.82, 2.24) is 9.97 Å². The third-order valence-electron chi connectivity index (χ3n) is 2.45. The van der Waals surface area contributed by atoms with Crippen LogP contribution in [0.4, 0.5) is 0 Å². The first-order chi connectivity index (χ1) is 8.76. The molecule has 1 aromatic rings. The van der Waals surface area contributed by atoms with Gasteiger partial charge in [0.05, 0.1) is 22.8 Å². The van der Waals surface area contributed by atoms with Gasteiger partial charge in [0.15, 0.2) is 0 Å². The van der Waals surface area contributed by atoms with E-state index in [1.165, 1.54) is 0 Å². The van der Waals surface area contributed by atoms with Gasteiger partial charge in [-0.2, -0.15) is 0 Å². The molecule has 0 saturated heterocycles. The van der Waals surface area contributed by atoms with Crippen molar-refractivity contribution in [1.29, 1.82) is 0 Å². The number of allylic oxidation sites excluding steroid dienone is 2. The van der Waals surface area contributed by atoms with E-state index in [1.54, 1.807) is 12.2 Å². The second-order valence-corrected chi connectivity index (χ2v) is 3.86. The summed E-state index contributed by atoms with van der Waals surface area (Å²) < 4.78 is 0. The number of nitrogens with zero attached hydrogens (tertiary/aromatic N) is 2. The molecule has 0 bridgehead atoms. The van der Waals surface area contributed by atoms with Crippen LogP contribution in [-0.4, -0.2) is 9.97 Å². The van der Waals surface area contributed by atoms with Crippen LogP contribution < -0.4 is 0 Å². The molecule has 0 aromatic carbocycles. The molecule has 94 valence electrons. The van der Waals surface area contributed by atoms with Crippen LogP contribution in [-0.2, 0) is 0 Å². The second-order valence-electron chi connectivity index (χ2n) is 3.86. The fourth-order valence-electron chi connectivity index (χ4n) is 1.55. The van der Waals surface area contributed by atoms with E-state index < -0.39 is 0 Å². The molecular weight excluding hydrogens is 220 g/mol. The van der Waals surface area contributed by atoms with Gasteiger partial charge in [-0.3, -0.25) is 0 Å². The van der Waals surface area contributed by atoms with E-state index in [-0.39, 0.29) is 0 Å². The maximum Gasteiger partial charge on any atom is 0.0891 e. The highest BCUT2D eigenvalue weighted by Gasteiger charge is 2.05. The van der Waals surface area contributed by atoms with Gasteiger partial charge in [-0.05, 0) is 37.6 Å². The predicted molar refractivity (Wildman–Crippen MR) is 80.9 cm³/mol. The molecular formula is C16H20N2. The molecule has 0 unspecified atom stereocenters. The Bertz CT molecular complexity index is 482. The fraction of sp³-hybridized carbons (Fsp3) is 0.250. The summed E-state index contributed by atoms with van der Waals surface area (Å²) in [7, 11) is 0. The second kappa shape index (κ2) is 7.38. The van der Waals surface area contributed by atoms with E-state index in [9.17, 15) is 0 Å². The first kappa shape index (κ1) is 14.1. The molecule has 0 aliphatic rings. The molecule has 0 aliphatic carbocycles. The van der Waals surface area contributed by atoms with E-state index in [2.05, 4.69) is 36.1 Å². The van der Waals surface area contributed by atoms with Crippen LogP contribution in [0.5, 0.6) is 0 Å². The average molecular weight is 240 g/mol. The highest BCUT2D eigenvalue weighted by molar-refractivity contribution is 5.65. The minimum Gasteiger partial charge on any atom is -0.245 e. The Morgan fingerprint density at radius 1 is 0.944 bits per heavy atom. The Labute approximate surface area is 109 Å². The number of hydrogen-bond donors (Lipinski definition) is 0. The fourth-order valence-corrected chi connectivity index (χ4v) is 1.55. The molecule has 0 spiro atoms. The lowest BCUT2D eigenvalue weighted by Crippen LogP contribution is -1.99. The largest absolute Gasteiger partial charge is 0.245 e. The van der Waals surface area contributed by atoms with Crippen molar-refractivity contribution < 1.29 is 0 Å². The minimum atomic E-state index is 0.769. The van der Waals surface area contributed by atoms with Gasteiger partial charge < -0.3 is 0 Å². The summed E-state index contributed by atoms with van der Waals surface area (Å²) in [5, 5.41) is 0. The van der Waals surface area contributed by atoms with E-state index >= 15 is 0 Å². The zero-order chi connectivity index (χ0) is 13.4. The molecule has 1 aromatic heterocycles. The van der Waals surface area contributed by atoms with E-state index in [0.717, 1.165) is 35.6 Å². The molecule has 18 heavy (non-hydrogen) atoms. The topological polar surface area (TPSA) is 25.8 Å². The molecule has 0 aliphatic heterocycles. The lowest BCUT2D eigenvalue weighted by Gasteiger charge is -2.05.